The maximum Gasteiger partial charge on any atom is 0.258 e. The Labute approximate surface area is 275 Å². The molecule has 0 radical (unpaired) electrons. The molecular formula is C36H32F2N8O2. The van der Waals surface area contributed by atoms with Crippen LogP contribution in [0.2, 0.25) is 0 Å². The first-order chi connectivity index (χ1) is 23.2. The Balaban J connectivity index is 1.23. The molecule has 3 heterocycles. The third-order valence-corrected chi connectivity index (χ3v) is 7.40. The van der Waals surface area contributed by atoms with Crippen LogP contribution in [-0.2, 0) is 11.2 Å². The van der Waals surface area contributed by atoms with Crippen LogP contribution in [0.5, 0.6) is 0 Å². The maximum atomic E-state index is 14.2. The van der Waals surface area contributed by atoms with Gasteiger partial charge in [-0.2, -0.15) is 0 Å². The van der Waals surface area contributed by atoms with Crippen molar-refractivity contribution in [1.29, 1.82) is 0 Å². The van der Waals surface area contributed by atoms with Crippen molar-refractivity contribution in [2.24, 2.45) is 0 Å². The third-order valence-electron chi connectivity index (χ3n) is 7.40. The standard InChI is InChI=1S/C36H32F2N8O2/c1-45(2)22-32(47)39-17-15-23-9-12-26(13-10-23)42-36-40-18-16-30(43-36)34-33(44-31-8-3-4-19-46(31)34)24-6-5-7-27(20-24)41-35(48)28-21-25(37)11-14-29(28)38/h3-14,16,18-21H,15,17,22H2,1-2H3,(H,39,47)(H,41,48)(H,40,42,43). The van der Waals surface area contributed by atoms with Crippen LogP contribution in [0.4, 0.5) is 26.1 Å². The number of amides is 2. The number of carbonyl (C=O) groups is 2. The van der Waals surface area contributed by atoms with Gasteiger partial charge in [-0.3, -0.25) is 14.0 Å². The van der Waals surface area contributed by atoms with Crippen molar-refractivity contribution < 1.29 is 18.4 Å². The molecule has 10 nitrogen and oxygen atoms in total. The molecule has 242 valence electrons. The van der Waals surface area contributed by atoms with Gasteiger partial charge in [0.2, 0.25) is 11.9 Å². The van der Waals surface area contributed by atoms with Gasteiger partial charge < -0.3 is 20.9 Å². The normalized spacial score (nSPS) is 11.1. The molecule has 0 spiro atoms. The average molecular weight is 647 g/mol. The highest BCUT2D eigenvalue weighted by atomic mass is 19.1. The smallest absolute Gasteiger partial charge is 0.258 e. The van der Waals surface area contributed by atoms with E-state index in [0.717, 1.165) is 29.4 Å². The van der Waals surface area contributed by atoms with Crippen molar-refractivity contribution in [3.05, 3.63) is 126 Å². The fraction of sp³-hybridized carbons (Fsp3) is 0.139. The number of pyridine rings is 1. The molecule has 48 heavy (non-hydrogen) atoms. The monoisotopic (exact) mass is 646 g/mol. The summed E-state index contributed by atoms with van der Waals surface area (Å²) in [6, 6.07) is 25.0. The lowest BCUT2D eigenvalue weighted by Crippen LogP contribution is -2.34. The number of hydrogen-bond acceptors (Lipinski definition) is 7. The predicted molar refractivity (Wildman–Crippen MR) is 181 cm³/mol. The number of likely N-dealkylation sites (N-methyl/N-ethyl adjacent to an activating group) is 1. The summed E-state index contributed by atoms with van der Waals surface area (Å²) in [4.78, 5) is 40.6. The van der Waals surface area contributed by atoms with Gasteiger partial charge in [-0.1, -0.05) is 30.3 Å². The Hall–Kier alpha value is -6.01. The lowest BCUT2D eigenvalue weighted by molar-refractivity contribution is -0.121. The maximum absolute atomic E-state index is 14.2. The highest BCUT2D eigenvalue weighted by molar-refractivity contribution is 6.04. The zero-order valence-corrected chi connectivity index (χ0v) is 26.2. The van der Waals surface area contributed by atoms with Crippen LogP contribution in [0.15, 0.2) is 103 Å². The van der Waals surface area contributed by atoms with E-state index in [-0.39, 0.29) is 5.91 Å². The first-order valence-electron chi connectivity index (χ1n) is 15.2. The Kier molecular flexibility index (Phi) is 9.44. The Morgan fingerprint density at radius 3 is 2.52 bits per heavy atom. The van der Waals surface area contributed by atoms with E-state index < -0.39 is 23.1 Å². The van der Waals surface area contributed by atoms with Crippen LogP contribution in [0.25, 0.3) is 28.3 Å². The first-order valence-corrected chi connectivity index (χ1v) is 15.2. The zero-order chi connectivity index (χ0) is 33.6. The van der Waals surface area contributed by atoms with Gasteiger partial charge in [0, 0.05) is 35.9 Å². The fourth-order valence-corrected chi connectivity index (χ4v) is 5.18. The summed E-state index contributed by atoms with van der Waals surface area (Å²) in [6.07, 6.45) is 4.25. The minimum atomic E-state index is -0.821. The zero-order valence-electron chi connectivity index (χ0n) is 26.2. The quantitative estimate of drug-likeness (QED) is 0.159. The molecule has 0 aliphatic carbocycles. The van der Waals surface area contributed by atoms with Gasteiger partial charge in [-0.15, -0.1) is 0 Å². The van der Waals surface area contributed by atoms with Crippen LogP contribution < -0.4 is 16.0 Å². The first kappa shape index (κ1) is 32.0. The Bertz CT molecular complexity index is 2100. The van der Waals surface area contributed by atoms with Gasteiger partial charge >= 0.3 is 0 Å². The molecule has 0 bridgehead atoms. The average Bonchev–Trinajstić information content (AvgIpc) is 3.46. The Morgan fingerprint density at radius 2 is 1.71 bits per heavy atom. The van der Waals surface area contributed by atoms with Crippen LogP contribution in [0, 0.1) is 11.6 Å². The molecule has 0 unspecified atom stereocenters. The van der Waals surface area contributed by atoms with Crippen LogP contribution >= 0.6 is 0 Å². The molecule has 6 rings (SSSR count). The van der Waals surface area contributed by atoms with E-state index in [1.165, 1.54) is 0 Å². The second kappa shape index (κ2) is 14.2. The van der Waals surface area contributed by atoms with Crippen LogP contribution in [-0.4, -0.2) is 63.3 Å². The van der Waals surface area contributed by atoms with Crippen molar-refractivity contribution in [2.45, 2.75) is 6.42 Å². The molecule has 0 aliphatic heterocycles. The number of anilines is 3. The fourth-order valence-electron chi connectivity index (χ4n) is 5.18. The van der Waals surface area contributed by atoms with E-state index in [2.05, 4.69) is 20.9 Å². The van der Waals surface area contributed by atoms with Crippen molar-refractivity contribution in [1.82, 2.24) is 29.6 Å². The van der Waals surface area contributed by atoms with Crippen molar-refractivity contribution >= 4 is 34.8 Å². The van der Waals surface area contributed by atoms with Crippen molar-refractivity contribution in [3.63, 3.8) is 0 Å². The number of rotatable bonds is 11. The lowest BCUT2D eigenvalue weighted by Gasteiger charge is -2.11. The highest BCUT2D eigenvalue weighted by Gasteiger charge is 2.19. The van der Waals surface area contributed by atoms with E-state index in [4.69, 9.17) is 9.97 Å². The van der Waals surface area contributed by atoms with Gasteiger partial charge in [0.1, 0.15) is 17.3 Å². The third kappa shape index (κ3) is 7.51. The number of nitrogens with zero attached hydrogens (tertiary/aromatic N) is 5. The SMILES string of the molecule is CN(C)CC(=O)NCCc1ccc(Nc2nccc(-c3c(-c4cccc(NC(=O)c5cc(F)ccc5F)c4)nc4ccccn34)n2)cc1. The molecule has 0 saturated heterocycles. The lowest BCUT2D eigenvalue weighted by atomic mass is 10.1. The molecule has 6 aromatic rings. The summed E-state index contributed by atoms with van der Waals surface area (Å²) >= 11 is 0. The molecule has 0 aliphatic rings. The molecule has 0 atom stereocenters. The van der Waals surface area contributed by atoms with Crippen LogP contribution in [0.3, 0.4) is 0 Å². The second-order valence-electron chi connectivity index (χ2n) is 11.3. The molecule has 3 aromatic heterocycles. The predicted octanol–water partition coefficient (Wildman–Crippen LogP) is 5.95. The summed E-state index contributed by atoms with van der Waals surface area (Å²) in [6.45, 7) is 0.899. The minimum Gasteiger partial charge on any atom is -0.355 e. The van der Waals surface area contributed by atoms with E-state index in [0.29, 0.717) is 59.4 Å². The van der Waals surface area contributed by atoms with Gasteiger partial charge in [0.15, 0.2) is 0 Å². The van der Waals surface area contributed by atoms with E-state index in [9.17, 15) is 18.4 Å². The second-order valence-corrected chi connectivity index (χ2v) is 11.3. The summed E-state index contributed by atoms with van der Waals surface area (Å²) in [5.74, 6) is -1.94. The topological polar surface area (TPSA) is 117 Å². The molecule has 12 heteroatoms. The minimum absolute atomic E-state index is 0.0125. The van der Waals surface area contributed by atoms with E-state index >= 15 is 0 Å². The number of fused-ring (bicyclic) bond motifs is 1. The Morgan fingerprint density at radius 1 is 0.875 bits per heavy atom. The molecular weight excluding hydrogens is 614 g/mol. The van der Waals surface area contributed by atoms with Gasteiger partial charge in [-0.05, 0) is 86.7 Å². The number of halogens is 2. The molecule has 0 fully saturated rings. The summed E-state index contributed by atoms with van der Waals surface area (Å²) < 4.78 is 29.9. The van der Waals surface area contributed by atoms with Gasteiger partial charge in [0.05, 0.1) is 29.2 Å². The van der Waals surface area contributed by atoms with Gasteiger partial charge in [0.25, 0.3) is 5.91 Å². The molecule has 3 aromatic carbocycles. The molecule has 0 saturated carbocycles. The van der Waals surface area contributed by atoms with Crippen LogP contribution in [0.1, 0.15) is 15.9 Å². The molecule has 3 N–H and O–H groups in total. The number of carbonyl (C=O) groups excluding carboxylic acids is 2. The van der Waals surface area contributed by atoms with Gasteiger partial charge in [-0.25, -0.2) is 23.7 Å². The largest absolute Gasteiger partial charge is 0.355 e. The highest BCUT2D eigenvalue weighted by Crippen LogP contribution is 2.33. The number of benzene rings is 3. The molecule has 2 amide bonds. The number of nitrogens with one attached hydrogen (secondary N) is 3. The summed E-state index contributed by atoms with van der Waals surface area (Å²) in [5, 5.41) is 8.84. The van der Waals surface area contributed by atoms with Crippen molar-refractivity contribution in [3.8, 4) is 22.6 Å². The number of imidazole rings is 1. The number of aromatic nitrogens is 4. The summed E-state index contributed by atoms with van der Waals surface area (Å²) in [5.41, 5.74) is 5.11. The summed E-state index contributed by atoms with van der Waals surface area (Å²) in [7, 11) is 3.71. The van der Waals surface area contributed by atoms with Crippen molar-refractivity contribution in [2.75, 3.05) is 37.8 Å². The number of hydrogen-bond donors (Lipinski definition) is 3. The van der Waals surface area contributed by atoms with E-state index in [1.54, 1.807) is 30.5 Å². The van der Waals surface area contributed by atoms with E-state index in [1.807, 2.05) is 78.1 Å².